The second kappa shape index (κ2) is 15.5. The monoisotopic (exact) mass is 780 g/mol. The number of Topliss-reactive ketones (excluding diaryl/α,β-unsaturated/α-hetero) is 1. The van der Waals surface area contributed by atoms with Crippen LogP contribution in [0, 0.1) is 56.7 Å². The molecule has 6 rings (SSSR count). The number of halogens is 1. The number of hydrogen-bond acceptors (Lipinski definition) is 7. The Labute approximate surface area is 335 Å². The van der Waals surface area contributed by atoms with Crippen LogP contribution in [0.4, 0.5) is 0 Å². The van der Waals surface area contributed by atoms with Crippen LogP contribution in [0.5, 0.6) is 0 Å². The standard InChI is InChI=1S/C46H69ClN2O6/c1-28(2)39-33(50)24-46(36(51)27-49(23-22-48-9)26-29-10-12-30(47)13-11-29)21-16-32-31(40(39)46)14-15-35-44(32,7)19-17-34-43(5,6)37(18-20-45(34,35)8)55-38(52)25-42(3,4)41(53)54/h10-13,28,31-32,34-37,48,51H,14-27H2,1-9H3,(H,53,54). The molecule has 306 valence electrons. The van der Waals surface area contributed by atoms with Gasteiger partial charge in [-0.25, -0.2) is 0 Å². The number of ether oxygens (including phenoxy) is 1. The number of carboxylic acid groups (broad SMARTS) is 1. The van der Waals surface area contributed by atoms with E-state index in [1.54, 1.807) is 13.8 Å². The molecule has 0 radical (unpaired) electrons. The van der Waals surface area contributed by atoms with E-state index in [4.69, 9.17) is 16.3 Å². The SMILES string of the molecule is CNCCN(Cc1ccc(Cl)cc1)CC(O)C12CCC3C(CCC4C3(C)CCC3C(C)(C)C(OC(=O)CC(C)(C)C(=O)O)CCC34C)C1=C(C(C)C)C(=O)C2. The van der Waals surface area contributed by atoms with Crippen LogP contribution in [0.3, 0.4) is 0 Å². The second-order valence-corrected chi connectivity index (χ2v) is 20.8. The molecule has 9 heteroatoms. The zero-order valence-electron chi connectivity index (χ0n) is 35.1. The Morgan fingerprint density at radius 2 is 1.65 bits per heavy atom. The summed E-state index contributed by atoms with van der Waals surface area (Å²) in [5.74, 6) is 0.576. The normalized spacial score (nSPS) is 34.9. The number of carbonyl (C=O) groups excluding carboxylic acids is 2. The quantitative estimate of drug-likeness (QED) is 0.170. The van der Waals surface area contributed by atoms with E-state index in [9.17, 15) is 24.6 Å². The second-order valence-electron chi connectivity index (χ2n) is 20.4. The van der Waals surface area contributed by atoms with Crippen molar-refractivity contribution < 1.29 is 29.3 Å². The Kier molecular flexibility index (Phi) is 11.9. The maximum Gasteiger partial charge on any atom is 0.309 e. The van der Waals surface area contributed by atoms with Gasteiger partial charge in [0, 0.05) is 48.5 Å². The van der Waals surface area contributed by atoms with Crippen molar-refractivity contribution in [2.75, 3.05) is 26.7 Å². The molecule has 4 fully saturated rings. The van der Waals surface area contributed by atoms with E-state index in [1.807, 2.05) is 19.2 Å². The number of nitrogens with one attached hydrogen (secondary N) is 1. The fourth-order valence-corrected chi connectivity index (χ4v) is 13.5. The van der Waals surface area contributed by atoms with Gasteiger partial charge >= 0.3 is 11.9 Å². The van der Waals surface area contributed by atoms with Gasteiger partial charge in [-0.2, -0.15) is 0 Å². The molecule has 1 aromatic rings. The van der Waals surface area contributed by atoms with Crippen LogP contribution in [0.2, 0.25) is 5.02 Å². The number of allylic oxidation sites excluding steroid dienone is 1. The number of ketones is 1. The van der Waals surface area contributed by atoms with Crippen LogP contribution in [-0.2, 0) is 25.7 Å². The number of aliphatic hydroxyl groups excluding tert-OH is 1. The lowest BCUT2D eigenvalue weighted by Crippen LogP contribution is -2.63. The number of aliphatic hydroxyl groups is 1. The summed E-state index contributed by atoms with van der Waals surface area (Å²) in [5.41, 5.74) is 1.72. The number of aliphatic carboxylic acids is 1. The lowest BCUT2D eigenvalue weighted by atomic mass is 9.36. The van der Waals surface area contributed by atoms with Crippen LogP contribution in [0.25, 0.3) is 0 Å². The van der Waals surface area contributed by atoms with Crippen LogP contribution in [0.15, 0.2) is 35.4 Å². The van der Waals surface area contributed by atoms with Crippen molar-refractivity contribution in [2.24, 2.45) is 56.7 Å². The van der Waals surface area contributed by atoms with Crippen molar-refractivity contribution in [1.29, 1.82) is 0 Å². The molecular weight excluding hydrogens is 712 g/mol. The third-order valence-corrected chi connectivity index (χ3v) is 16.3. The first-order chi connectivity index (χ1) is 25.7. The maximum absolute atomic E-state index is 14.2. The molecule has 0 aromatic heterocycles. The number of nitrogens with zero attached hydrogens (tertiary/aromatic N) is 1. The van der Waals surface area contributed by atoms with Crippen molar-refractivity contribution in [3.63, 3.8) is 0 Å². The number of fused-ring (bicyclic) bond motifs is 7. The Morgan fingerprint density at radius 1 is 0.982 bits per heavy atom. The zero-order chi connectivity index (χ0) is 40.3. The van der Waals surface area contributed by atoms with Gasteiger partial charge in [-0.05, 0) is 136 Å². The van der Waals surface area contributed by atoms with Gasteiger partial charge in [0.25, 0.3) is 0 Å². The first-order valence-corrected chi connectivity index (χ1v) is 21.6. The van der Waals surface area contributed by atoms with Crippen molar-refractivity contribution in [2.45, 2.75) is 138 Å². The predicted octanol–water partition coefficient (Wildman–Crippen LogP) is 8.73. The molecule has 0 spiro atoms. The summed E-state index contributed by atoms with van der Waals surface area (Å²) in [4.78, 5) is 41.4. The molecule has 1 aromatic carbocycles. The van der Waals surface area contributed by atoms with Gasteiger partial charge in [-0.3, -0.25) is 19.3 Å². The lowest BCUT2D eigenvalue weighted by molar-refractivity contribution is -0.214. The fraction of sp³-hybridized carbons (Fsp3) is 0.761. The van der Waals surface area contributed by atoms with Crippen LogP contribution >= 0.6 is 11.6 Å². The molecule has 0 saturated heterocycles. The van der Waals surface area contributed by atoms with Gasteiger partial charge in [0.2, 0.25) is 0 Å². The Bertz CT molecular complexity index is 1650. The molecule has 3 N–H and O–H groups in total. The maximum atomic E-state index is 14.2. The smallest absolute Gasteiger partial charge is 0.309 e. The average molecular weight is 782 g/mol. The highest BCUT2D eigenvalue weighted by atomic mass is 35.5. The van der Waals surface area contributed by atoms with Crippen LogP contribution in [0.1, 0.15) is 125 Å². The summed E-state index contributed by atoms with van der Waals surface area (Å²) < 4.78 is 6.17. The molecule has 9 unspecified atom stereocenters. The van der Waals surface area contributed by atoms with Gasteiger partial charge in [-0.1, -0.05) is 70.8 Å². The van der Waals surface area contributed by atoms with Crippen molar-refractivity contribution >= 4 is 29.3 Å². The summed E-state index contributed by atoms with van der Waals surface area (Å²) >= 11 is 6.21. The van der Waals surface area contributed by atoms with Crippen molar-refractivity contribution in [1.82, 2.24) is 10.2 Å². The summed E-state index contributed by atoms with van der Waals surface area (Å²) in [7, 11) is 1.96. The molecule has 0 bridgehead atoms. The molecular formula is C46H69ClN2O6. The number of carboxylic acids is 1. The van der Waals surface area contributed by atoms with Crippen LogP contribution in [-0.4, -0.2) is 71.7 Å². The number of likely N-dealkylation sites (N-methyl/N-ethyl adjacent to an activating group) is 1. The van der Waals surface area contributed by atoms with E-state index < -0.39 is 28.9 Å². The largest absolute Gasteiger partial charge is 0.481 e. The van der Waals surface area contributed by atoms with Gasteiger partial charge in [-0.15, -0.1) is 0 Å². The minimum Gasteiger partial charge on any atom is -0.481 e. The molecule has 0 amide bonds. The number of rotatable bonds is 13. The molecule has 5 aliphatic carbocycles. The highest BCUT2D eigenvalue weighted by molar-refractivity contribution is 6.30. The molecule has 55 heavy (non-hydrogen) atoms. The number of benzene rings is 1. The molecule has 5 aliphatic rings. The molecule has 0 aliphatic heterocycles. The first kappa shape index (κ1) is 42.3. The predicted molar refractivity (Wildman–Crippen MR) is 217 cm³/mol. The van der Waals surface area contributed by atoms with Crippen molar-refractivity contribution in [3.05, 3.63) is 46.0 Å². The number of hydrogen-bond donors (Lipinski definition) is 3. The third-order valence-electron chi connectivity index (χ3n) is 16.1. The fourth-order valence-electron chi connectivity index (χ4n) is 13.4. The summed E-state index contributed by atoms with van der Waals surface area (Å²) in [6.07, 6.45) is 7.31. The minimum absolute atomic E-state index is 0.0784. The van der Waals surface area contributed by atoms with Gasteiger partial charge in [0.1, 0.15) is 6.10 Å². The molecule has 9 atom stereocenters. The zero-order valence-corrected chi connectivity index (χ0v) is 35.9. The molecule has 4 saturated carbocycles. The summed E-state index contributed by atoms with van der Waals surface area (Å²) in [5, 5.41) is 26.1. The van der Waals surface area contributed by atoms with E-state index in [0.29, 0.717) is 48.2 Å². The van der Waals surface area contributed by atoms with E-state index in [1.165, 1.54) is 5.57 Å². The van der Waals surface area contributed by atoms with E-state index in [0.717, 1.165) is 75.6 Å². The molecule has 8 nitrogen and oxygen atoms in total. The van der Waals surface area contributed by atoms with E-state index in [-0.39, 0.29) is 40.5 Å². The Hall–Kier alpha value is -2.26. The first-order valence-electron chi connectivity index (χ1n) is 21.2. The number of esters is 1. The third kappa shape index (κ3) is 7.49. The average Bonchev–Trinajstić information content (AvgIpc) is 3.42. The van der Waals surface area contributed by atoms with E-state index in [2.05, 4.69) is 63.9 Å². The summed E-state index contributed by atoms with van der Waals surface area (Å²) in [6, 6.07) is 7.96. The van der Waals surface area contributed by atoms with Gasteiger partial charge in [0.15, 0.2) is 5.78 Å². The van der Waals surface area contributed by atoms with Crippen LogP contribution < -0.4 is 5.32 Å². The summed E-state index contributed by atoms with van der Waals surface area (Å²) in [6.45, 7) is 19.9. The Morgan fingerprint density at radius 3 is 2.29 bits per heavy atom. The molecule has 0 heterocycles. The number of carbonyl (C=O) groups is 3. The highest BCUT2D eigenvalue weighted by Crippen LogP contribution is 2.73. The van der Waals surface area contributed by atoms with Gasteiger partial charge < -0.3 is 20.3 Å². The topological polar surface area (TPSA) is 116 Å². The van der Waals surface area contributed by atoms with E-state index >= 15 is 0 Å². The van der Waals surface area contributed by atoms with Gasteiger partial charge in [0.05, 0.1) is 17.9 Å². The highest BCUT2D eigenvalue weighted by Gasteiger charge is 2.67. The minimum atomic E-state index is -1.17. The van der Waals surface area contributed by atoms with Crippen molar-refractivity contribution in [3.8, 4) is 0 Å². The Balaban J connectivity index is 1.25. The lowest BCUT2D eigenvalue weighted by Gasteiger charge is -2.69.